The Morgan fingerprint density at radius 2 is 1.62 bits per heavy atom. The predicted octanol–water partition coefficient (Wildman–Crippen LogP) is 2.30. The van der Waals surface area contributed by atoms with Gasteiger partial charge in [-0.25, -0.2) is 8.42 Å². The van der Waals surface area contributed by atoms with Crippen molar-refractivity contribution in [1.82, 2.24) is 0 Å². The van der Waals surface area contributed by atoms with Gasteiger partial charge in [-0.05, 0) is 0 Å². The first kappa shape index (κ1) is 10.4. The summed E-state index contributed by atoms with van der Waals surface area (Å²) in [5, 5.41) is -4.03. The van der Waals surface area contributed by atoms with Crippen LogP contribution in [0.5, 0.6) is 0 Å². The van der Waals surface area contributed by atoms with Gasteiger partial charge in [-0.15, -0.1) is 0 Å². The van der Waals surface area contributed by atoms with Crippen molar-refractivity contribution in [3.8, 4) is 0 Å². The van der Waals surface area contributed by atoms with Crippen molar-refractivity contribution >= 4 is 19.7 Å². The fraction of sp³-hybridized carbons (Fsp3) is 0.143. The van der Waals surface area contributed by atoms with Crippen LogP contribution in [0.15, 0.2) is 30.3 Å². The molecule has 0 saturated carbocycles. The predicted molar refractivity (Wildman–Crippen MR) is 45.1 cm³/mol. The SMILES string of the molecule is O=S(=O)(Cl)C(F)(F)c1ccccc1. The van der Waals surface area contributed by atoms with E-state index in [9.17, 15) is 17.2 Å². The van der Waals surface area contributed by atoms with Gasteiger partial charge in [0.1, 0.15) is 0 Å². The minimum atomic E-state index is -4.92. The molecule has 1 rings (SSSR count). The Morgan fingerprint density at radius 3 is 2.00 bits per heavy atom. The Hall–Kier alpha value is -0.680. The average Bonchev–Trinajstić information content (AvgIpc) is 2.04. The molecular formula is C7H5ClF2O2S. The van der Waals surface area contributed by atoms with Crippen LogP contribution in [0.4, 0.5) is 8.78 Å². The zero-order valence-corrected chi connectivity index (χ0v) is 7.82. The van der Waals surface area contributed by atoms with Crippen LogP contribution in [0.3, 0.4) is 0 Å². The molecule has 0 N–H and O–H groups in total. The van der Waals surface area contributed by atoms with Crippen LogP contribution >= 0.6 is 10.7 Å². The second-order valence-corrected chi connectivity index (χ2v) is 4.93. The van der Waals surface area contributed by atoms with Crippen LogP contribution in [0.2, 0.25) is 0 Å². The van der Waals surface area contributed by atoms with Gasteiger partial charge in [-0.3, -0.25) is 0 Å². The molecule has 6 heteroatoms. The molecule has 0 bridgehead atoms. The third-order valence-corrected chi connectivity index (χ3v) is 2.85. The standard InChI is InChI=1S/C7H5ClF2O2S/c8-13(11,12)7(9,10)6-4-2-1-3-5-6/h1-5H. The molecule has 0 aliphatic carbocycles. The first-order chi connectivity index (χ1) is 5.86. The van der Waals surface area contributed by atoms with E-state index in [1.807, 2.05) is 0 Å². The van der Waals surface area contributed by atoms with Crippen LogP contribution in [0, 0.1) is 0 Å². The largest absolute Gasteiger partial charge is 0.384 e. The Kier molecular flexibility index (Phi) is 2.58. The summed E-state index contributed by atoms with van der Waals surface area (Å²) in [7, 11) is -0.335. The molecule has 0 spiro atoms. The van der Waals surface area contributed by atoms with Gasteiger partial charge in [-0.2, -0.15) is 8.78 Å². The van der Waals surface area contributed by atoms with Crippen LogP contribution in [-0.4, -0.2) is 8.42 Å². The van der Waals surface area contributed by atoms with Crippen molar-refractivity contribution in [2.24, 2.45) is 0 Å². The van der Waals surface area contributed by atoms with Crippen molar-refractivity contribution < 1.29 is 17.2 Å². The summed E-state index contributed by atoms with van der Waals surface area (Å²) >= 11 is 0. The fourth-order valence-corrected chi connectivity index (χ4v) is 1.46. The summed E-state index contributed by atoms with van der Waals surface area (Å²) < 4.78 is 46.8. The van der Waals surface area contributed by atoms with Crippen molar-refractivity contribution in [2.45, 2.75) is 5.25 Å². The average molecular weight is 227 g/mol. The third-order valence-electron chi connectivity index (χ3n) is 1.42. The van der Waals surface area contributed by atoms with E-state index in [0.29, 0.717) is 0 Å². The number of benzene rings is 1. The molecule has 0 radical (unpaired) electrons. The van der Waals surface area contributed by atoms with E-state index in [2.05, 4.69) is 10.7 Å². The molecule has 1 aromatic carbocycles. The summed E-state index contributed by atoms with van der Waals surface area (Å²) in [5.41, 5.74) is -0.634. The summed E-state index contributed by atoms with van der Waals surface area (Å²) in [6.45, 7) is 0. The third kappa shape index (κ3) is 1.97. The lowest BCUT2D eigenvalue weighted by Gasteiger charge is -2.11. The fourth-order valence-electron chi connectivity index (χ4n) is 0.773. The van der Waals surface area contributed by atoms with Gasteiger partial charge in [0.05, 0.1) is 0 Å². The number of rotatable bonds is 2. The smallest absolute Gasteiger partial charge is 0.205 e. The first-order valence-electron chi connectivity index (χ1n) is 3.23. The Bertz CT molecular complexity index is 388. The molecule has 2 nitrogen and oxygen atoms in total. The van der Waals surface area contributed by atoms with Gasteiger partial charge < -0.3 is 0 Å². The van der Waals surface area contributed by atoms with Crippen molar-refractivity contribution in [3.05, 3.63) is 35.9 Å². The highest BCUT2D eigenvalue weighted by atomic mass is 35.7. The minimum Gasteiger partial charge on any atom is -0.205 e. The zero-order chi connectivity index (χ0) is 10.1. The van der Waals surface area contributed by atoms with Gasteiger partial charge >= 0.3 is 14.3 Å². The molecular weight excluding hydrogens is 222 g/mol. The number of hydrogen-bond acceptors (Lipinski definition) is 2. The number of halogens is 3. The Balaban J connectivity index is 3.24. The van der Waals surface area contributed by atoms with E-state index in [0.717, 1.165) is 12.1 Å². The molecule has 0 aromatic heterocycles. The molecule has 0 atom stereocenters. The van der Waals surface area contributed by atoms with E-state index in [1.54, 1.807) is 0 Å². The molecule has 0 aliphatic heterocycles. The highest BCUT2D eigenvalue weighted by molar-refractivity contribution is 8.14. The summed E-state index contributed by atoms with van der Waals surface area (Å²) in [6.07, 6.45) is 0. The summed E-state index contributed by atoms with van der Waals surface area (Å²) in [4.78, 5) is 0. The lowest BCUT2D eigenvalue weighted by molar-refractivity contribution is 0.0936. The summed E-state index contributed by atoms with van der Waals surface area (Å²) in [6, 6.07) is 6.12. The van der Waals surface area contributed by atoms with Gasteiger partial charge in [-0.1, -0.05) is 30.3 Å². The van der Waals surface area contributed by atoms with Crippen molar-refractivity contribution in [2.75, 3.05) is 0 Å². The lowest BCUT2D eigenvalue weighted by Crippen LogP contribution is -2.21. The molecule has 0 saturated heterocycles. The monoisotopic (exact) mass is 226 g/mol. The maximum Gasteiger partial charge on any atom is 0.384 e. The molecule has 1 aromatic rings. The normalized spacial score (nSPS) is 12.8. The molecule has 0 amide bonds. The van der Waals surface area contributed by atoms with Crippen molar-refractivity contribution in [1.29, 1.82) is 0 Å². The molecule has 0 unspecified atom stereocenters. The molecule has 0 heterocycles. The van der Waals surface area contributed by atoms with Crippen LogP contribution < -0.4 is 0 Å². The lowest BCUT2D eigenvalue weighted by atomic mass is 10.2. The van der Waals surface area contributed by atoms with Gasteiger partial charge in [0.25, 0.3) is 0 Å². The maximum absolute atomic E-state index is 12.9. The van der Waals surface area contributed by atoms with Crippen LogP contribution in [-0.2, 0) is 14.3 Å². The molecule has 0 aliphatic rings. The van der Waals surface area contributed by atoms with E-state index >= 15 is 0 Å². The van der Waals surface area contributed by atoms with Crippen LogP contribution in [0.1, 0.15) is 5.56 Å². The van der Waals surface area contributed by atoms with E-state index in [1.165, 1.54) is 18.2 Å². The van der Waals surface area contributed by atoms with Gasteiger partial charge in [0.2, 0.25) is 0 Å². The quantitative estimate of drug-likeness (QED) is 0.726. The summed E-state index contributed by atoms with van der Waals surface area (Å²) in [5.74, 6) is 0. The van der Waals surface area contributed by atoms with Crippen LogP contribution in [0.25, 0.3) is 0 Å². The Morgan fingerprint density at radius 1 is 1.15 bits per heavy atom. The highest BCUT2D eigenvalue weighted by Gasteiger charge is 2.45. The second kappa shape index (κ2) is 3.23. The van der Waals surface area contributed by atoms with E-state index in [-0.39, 0.29) is 0 Å². The molecule has 72 valence electrons. The topological polar surface area (TPSA) is 34.1 Å². The van der Waals surface area contributed by atoms with Crippen molar-refractivity contribution in [3.63, 3.8) is 0 Å². The van der Waals surface area contributed by atoms with Gasteiger partial charge in [0.15, 0.2) is 0 Å². The van der Waals surface area contributed by atoms with Gasteiger partial charge in [0, 0.05) is 16.2 Å². The Labute approximate surface area is 78.6 Å². The second-order valence-electron chi connectivity index (χ2n) is 2.32. The molecule has 13 heavy (non-hydrogen) atoms. The molecule has 0 fully saturated rings. The number of hydrogen-bond donors (Lipinski definition) is 0. The highest BCUT2D eigenvalue weighted by Crippen LogP contribution is 2.36. The van der Waals surface area contributed by atoms with E-state index in [4.69, 9.17) is 0 Å². The number of alkyl halides is 2. The first-order valence-corrected chi connectivity index (χ1v) is 5.54. The maximum atomic E-state index is 12.9. The van der Waals surface area contributed by atoms with E-state index < -0.39 is 19.9 Å². The zero-order valence-electron chi connectivity index (χ0n) is 6.25. The minimum absolute atomic E-state index is 0.634.